The molecule has 0 aromatic heterocycles. The minimum atomic E-state index is -0.206. The number of carbonyl (C=O) groups excluding carboxylic acids is 1. The smallest absolute Gasteiger partial charge is 0.264 e. The van der Waals surface area contributed by atoms with Crippen LogP contribution in [-0.4, -0.2) is 25.0 Å². The van der Waals surface area contributed by atoms with Crippen molar-refractivity contribution in [1.82, 2.24) is 5.32 Å². The van der Waals surface area contributed by atoms with E-state index in [9.17, 15) is 4.79 Å². The van der Waals surface area contributed by atoms with E-state index in [2.05, 4.69) is 10.3 Å². The van der Waals surface area contributed by atoms with Gasteiger partial charge in [-0.25, -0.2) is 4.99 Å². The number of fused-ring (bicyclic) bond motifs is 1. The molecule has 7 nitrogen and oxygen atoms in total. The summed E-state index contributed by atoms with van der Waals surface area (Å²) in [4.78, 5) is 17.6. The maximum atomic E-state index is 12.5. The van der Waals surface area contributed by atoms with Crippen LogP contribution in [0.3, 0.4) is 0 Å². The van der Waals surface area contributed by atoms with Crippen LogP contribution in [0.1, 0.15) is 16.7 Å². The average molecular weight is 509 g/mol. The van der Waals surface area contributed by atoms with Gasteiger partial charge in [0.2, 0.25) is 6.79 Å². The highest BCUT2D eigenvalue weighted by atomic mass is 35.5. The number of carbonyl (C=O) groups is 1. The molecular formula is C26H21ClN2O5S. The second-order valence-corrected chi connectivity index (χ2v) is 9.27. The van der Waals surface area contributed by atoms with E-state index in [0.29, 0.717) is 39.0 Å². The van der Waals surface area contributed by atoms with Gasteiger partial charge in [-0.15, -0.1) is 0 Å². The van der Waals surface area contributed by atoms with E-state index in [0.717, 1.165) is 28.1 Å². The summed E-state index contributed by atoms with van der Waals surface area (Å²) in [6.45, 7) is 2.50. The van der Waals surface area contributed by atoms with E-state index in [4.69, 9.17) is 30.5 Å². The third kappa shape index (κ3) is 5.23. The van der Waals surface area contributed by atoms with Crippen LogP contribution >= 0.6 is 23.4 Å². The highest BCUT2D eigenvalue weighted by molar-refractivity contribution is 8.18. The van der Waals surface area contributed by atoms with Crippen molar-refractivity contribution in [2.75, 3.05) is 13.9 Å². The minimum absolute atomic E-state index is 0.206. The molecule has 0 radical (unpaired) electrons. The number of aliphatic imine (C=N–C) groups is 1. The summed E-state index contributed by atoms with van der Waals surface area (Å²) < 4.78 is 22.3. The number of benzene rings is 3. The lowest BCUT2D eigenvalue weighted by atomic mass is 10.1. The Morgan fingerprint density at radius 1 is 1.09 bits per heavy atom. The molecule has 3 aromatic rings. The van der Waals surface area contributed by atoms with E-state index >= 15 is 0 Å². The van der Waals surface area contributed by atoms with Crippen molar-refractivity contribution in [3.8, 4) is 23.0 Å². The first-order valence-corrected chi connectivity index (χ1v) is 11.9. The van der Waals surface area contributed by atoms with Gasteiger partial charge in [0.1, 0.15) is 6.61 Å². The highest BCUT2D eigenvalue weighted by Gasteiger charge is 2.24. The molecule has 0 atom stereocenters. The van der Waals surface area contributed by atoms with Gasteiger partial charge in [-0.05, 0) is 83.9 Å². The Morgan fingerprint density at radius 2 is 1.94 bits per heavy atom. The summed E-state index contributed by atoms with van der Waals surface area (Å²) in [6.07, 6.45) is 1.79. The Morgan fingerprint density at radius 3 is 2.77 bits per heavy atom. The lowest BCUT2D eigenvalue weighted by molar-refractivity contribution is -0.115. The molecular weight excluding hydrogens is 488 g/mol. The van der Waals surface area contributed by atoms with Gasteiger partial charge in [-0.3, -0.25) is 4.79 Å². The lowest BCUT2D eigenvalue weighted by Crippen LogP contribution is -2.19. The van der Waals surface area contributed by atoms with Crippen molar-refractivity contribution >= 4 is 46.2 Å². The van der Waals surface area contributed by atoms with Crippen LogP contribution in [0, 0.1) is 6.92 Å². The maximum Gasteiger partial charge on any atom is 0.264 e. The van der Waals surface area contributed by atoms with Crippen molar-refractivity contribution in [3.05, 3.63) is 81.2 Å². The predicted octanol–water partition coefficient (Wildman–Crippen LogP) is 5.86. The number of halogens is 1. The highest BCUT2D eigenvalue weighted by Crippen LogP contribution is 2.35. The lowest BCUT2D eigenvalue weighted by Gasteiger charge is -2.12. The third-order valence-corrected chi connectivity index (χ3v) is 6.49. The van der Waals surface area contributed by atoms with Crippen LogP contribution in [0.2, 0.25) is 5.02 Å². The number of thioether (sulfide) groups is 1. The van der Waals surface area contributed by atoms with Crippen LogP contribution in [0.25, 0.3) is 6.08 Å². The summed E-state index contributed by atoms with van der Waals surface area (Å²) in [5.41, 5.74) is 3.44. The number of ether oxygens (including phenoxy) is 4. The summed E-state index contributed by atoms with van der Waals surface area (Å²) in [5.74, 6) is 2.39. The number of hydrogen-bond donors (Lipinski definition) is 1. The first-order chi connectivity index (χ1) is 17.0. The third-order valence-electron chi connectivity index (χ3n) is 5.35. The molecule has 0 bridgehead atoms. The Bertz CT molecular complexity index is 1370. The zero-order valence-corrected chi connectivity index (χ0v) is 20.5. The van der Waals surface area contributed by atoms with Crippen molar-refractivity contribution < 1.29 is 23.7 Å². The fourth-order valence-electron chi connectivity index (χ4n) is 3.57. The second-order valence-electron chi connectivity index (χ2n) is 7.80. The second kappa shape index (κ2) is 9.93. The summed E-state index contributed by atoms with van der Waals surface area (Å²) >= 11 is 7.30. The first-order valence-electron chi connectivity index (χ1n) is 10.7. The minimum Gasteiger partial charge on any atom is -0.493 e. The Labute approximate surface area is 211 Å². The fourth-order valence-corrected chi connectivity index (χ4v) is 4.63. The van der Waals surface area contributed by atoms with Crippen LogP contribution in [0.5, 0.6) is 23.0 Å². The number of nitrogens with zero attached hydrogens (tertiary/aromatic N) is 1. The van der Waals surface area contributed by atoms with E-state index in [1.165, 1.54) is 11.8 Å². The summed E-state index contributed by atoms with van der Waals surface area (Å²) in [7, 11) is 1.58. The van der Waals surface area contributed by atoms with Gasteiger partial charge >= 0.3 is 0 Å². The molecule has 0 unspecified atom stereocenters. The van der Waals surface area contributed by atoms with Crippen LogP contribution in [0.15, 0.2) is 64.5 Å². The predicted molar refractivity (Wildman–Crippen MR) is 137 cm³/mol. The molecule has 178 valence electrons. The van der Waals surface area contributed by atoms with E-state index in [-0.39, 0.29) is 12.7 Å². The average Bonchev–Trinajstić information content (AvgIpc) is 3.45. The molecule has 0 aliphatic carbocycles. The molecule has 5 rings (SSSR count). The molecule has 1 fully saturated rings. The number of amides is 1. The molecule has 35 heavy (non-hydrogen) atoms. The van der Waals surface area contributed by atoms with Gasteiger partial charge < -0.3 is 24.3 Å². The zero-order chi connectivity index (χ0) is 24.4. The van der Waals surface area contributed by atoms with E-state index in [1.54, 1.807) is 19.3 Å². The van der Waals surface area contributed by atoms with E-state index < -0.39 is 0 Å². The molecule has 2 aliphatic rings. The van der Waals surface area contributed by atoms with Gasteiger partial charge in [-0.1, -0.05) is 23.7 Å². The standard InChI is InChI=1S/C26H21ClN2O5S/c1-15-9-18(27)5-6-19(15)28-26-29-25(30)24(35-26)12-16-3-7-20(22(10-16)31-2)32-13-17-4-8-21-23(11-17)34-14-33-21/h3-12H,13-14H2,1-2H3,(H,28,29,30)/b24-12-. The number of aryl methyl sites for hydroxylation is 1. The topological polar surface area (TPSA) is 78.4 Å². The summed E-state index contributed by atoms with van der Waals surface area (Å²) in [6, 6.07) is 16.6. The summed E-state index contributed by atoms with van der Waals surface area (Å²) in [5, 5.41) is 3.97. The normalized spacial score (nSPS) is 16.6. The van der Waals surface area contributed by atoms with Gasteiger partial charge in [0, 0.05) is 5.02 Å². The number of methoxy groups -OCH3 is 1. The molecule has 2 aliphatic heterocycles. The van der Waals surface area contributed by atoms with Gasteiger partial charge in [0.15, 0.2) is 28.2 Å². The molecule has 1 amide bonds. The van der Waals surface area contributed by atoms with Crippen molar-refractivity contribution in [2.24, 2.45) is 4.99 Å². The molecule has 1 N–H and O–H groups in total. The number of hydrogen-bond acceptors (Lipinski definition) is 7. The number of nitrogens with one attached hydrogen (secondary N) is 1. The molecule has 2 heterocycles. The van der Waals surface area contributed by atoms with Crippen LogP contribution in [-0.2, 0) is 11.4 Å². The Balaban J connectivity index is 1.30. The van der Waals surface area contributed by atoms with Gasteiger partial charge in [0.05, 0.1) is 17.7 Å². The molecule has 3 aromatic carbocycles. The molecule has 1 saturated heterocycles. The Hall–Kier alpha value is -3.62. The van der Waals surface area contributed by atoms with Crippen LogP contribution < -0.4 is 24.3 Å². The zero-order valence-electron chi connectivity index (χ0n) is 19.0. The van der Waals surface area contributed by atoms with Crippen LogP contribution in [0.4, 0.5) is 5.69 Å². The molecule has 0 spiro atoms. The van der Waals surface area contributed by atoms with Gasteiger partial charge in [-0.2, -0.15) is 0 Å². The van der Waals surface area contributed by atoms with Crippen molar-refractivity contribution in [3.63, 3.8) is 0 Å². The SMILES string of the molecule is COc1cc(/C=C2\SC(=Nc3ccc(Cl)cc3C)NC2=O)ccc1OCc1ccc2c(c1)OCO2. The Kier molecular flexibility index (Phi) is 6.57. The maximum absolute atomic E-state index is 12.5. The van der Waals surface area contributed by atoms with Crippen molar-refractivity contribution in [1.29, 1.82) is 0 Å². The first kappa shape index (κ1) is 23.1. The molecule has 0 saturated carbocycles. The number of amidine groups is 1. The monoisotopic (exact) mass is 508 g/mol. The van der Waals surface area contributed by atoms with Gasteiger partial charge in [0.25, 0.3) is 5.91 Å². The quantitative estimate of drug-likeness (QED) is 0.420. The number of rotatable bonds is 6. The molecule has 9 heteroatoms. The fraction of sp³-hybridized carbons (Fsp3) is 0.154. The van der Waals surface area contributed by atoms with E-state index in [1.807, 2.05) is 55.5 Å². The van der Waals surface area contributed by atoms with Crippen molar-refractivity contribution in [2.45, 2.75) is 13.5 Å². The largest absolute Gasteiger partial charge is 0.493 e.